The summed E-state index contributed by atoms with van der Waals surface area (Å²) in [6.07, 6.45) is -2.52. The lowest BCUT2D eigenvalue weighted by molar-refractivity contribution is -0.137. The van der Waals surface area contributed by atoms with E-state index in [1.807, 2.05) is 11.8 Å². The predicted octanol–water partition coefficient (Wildman–Crippen LogP) is 1.78. The Labute approximate surface area is 158 Å². The van der Waals surface area contributed by atoms with Gasteiger partial charge in [0.15, 0.2) is 0 Å². The minimum Gasteiger partial charge on any atom is -0.344 e. The van der Waals surface area contributed by atoms with Crippen LogP contribution in [0.4, 0.5) is 18.3 Å². The fraction of sp³-hybridized carbons (Fsp3) is 0.467. The van der Waals surface area contributed by atoms with Crippen LogP contribution >= 0.6 is 11.3 Å². The van der Waals surface area contributed by atoms with Crippen LogP contribution in [0.5, 0.6) is 0 Å². The van der Waals surface area contributed by atoms with Crippen molar-refractivity contribution < 1.29 is 18.0 Å². The standard InChI is InChI=1S/C15H20F3N7OS/c1-3-6-25(9-22-19-2)14-24-23-13(27-14)12(26)21-8-11-7-10(4-5-20-11)15(16,17)18/h4-5,7,19,22H,3,6,8-9H2,1-2H3,(H,21,26). The third kappa shape index (κ3) is 6.12. The summed E-state index contributed by atoms with van der Waals surface area (Å²) in [5, 5.41) is 11.1. The Morgan fingerprint density at radius 2 is 2.11 bits per heavy atom. The first kappa shape index (κ1) is 21.0. The van der Waals surface area contributed by atoms with E-state index in [2.05, 4.69) is 31.3 Å². The van der Waals surface area contributed by atoms with Crippen molar-refractivity contribution >= 4 is 22.4 Å². The largest absolute Gasteiger partial charge is 0.416 e. The molecule has 0 saturated carbocycles. The maximum atomic E-state index is 12.7. The van der Waals surface area contributed by atoms with E-state index < -0.39 is 17.6 Å². The quantitative estimate of drug-likeness (QED) is 0.434. The van der Waals surface area contributed by atoms with E-state index in [9.17, 15) is 18.0 Å². The number of carbonyl (C=O) groups is 1. The average molecular weight is 403 g/mol. The van der Waals surface area contributed by atoms with Gasteiger partial charge in [-0.3, -0.25) is 15.2 Å². The van der Waals surface area contributed by atoms with E-state index in [-0.39, 0.29) is 17.2 Å². The molecule has 1 amide bonds. The van der Waals surface area contributed by atoms with E-state index in [4.69, 9.17) is 0 Å². The molecule has 148 valence electrons. The Hall–Kier alpha value is -2.31. The molecule has 0 bridgehead atoms. The summed E-state index contributed by atoms with van der Waals surface area (Å²) in [4.78, 5) is 18.0. The fourth-order valence-corrected chi connectivity index (χ4v) is 2.91. The monoisotopic (exact) mass is 403 g/mol. The van der Waals surface area contributed by atoms with Crippen molar-refractivity contribution in [1.29, 1.82) is 0 Å². The van der Waals surface area contributed by atoms with Crippen LogP contribution in [0.2, 0.25) is 0 Å². The van der Waals surface area contributed by atoms with E-state index in [1.54, 1.807) is 7.05 Å². The van der Waals surface area contributed by atoms with Crippen molar-refractivity contribution in [2.75, 3.05) is 25.2 Å². The fourth-order valence-electron chi connectivity index (χ4n) is 2.12. The number of hydrogen-bond donors (Lipinski definition) is 3. The summed E-state index contributed by atoms with van der Waals surface area (Å²) in [6, 6.07) is 1.78. The van der Waals surface area contributed by atoms with Crippen LogP contribution in [0.1, 0.15) is 34.4 Å². The lowest BCUT2D eigenvalue weighted by Gasteiger charge is -2.20. The Balaban J connectivity index is 1.99. The molecule has 0 aliphatic carbocycles. The number of alkyl halides is 3. The second kappa shape index (κ2) is 9.58. The van der Waals surface area contributed by atoms with E-state index >= 15 is 0 Å². The Kier molecular flexibility index (Phi) is 7.45. The van der Waals surface area contributed by atoms with Crippen LogP contribution in [0.15, 0.2) is 18.3 Å². The Bertz CT molecular complexity index is 753. The Morgan fingerprint density at radius 3 is 2.78 bits per heavy atom. The Morgan fingerprint density at radius 1 is 1.33 bits per heavy atom. The average Bonchev–Trinajstić information content (AvgIpc) is 3.13. The van der Waals surface area contributed by atoms with Crippen molar-refractivity contribution in [2.24, 2.45) is 0 Å². The van der Waals surface area contributed by atoms with Crippen molar-refractivity contribution in [1.82, 2.24) is 31.3 Å². The third-order valence-corrected chi connectivity index (χ3v) is 4.38. The minimum absolute atomic E-state index is 0.105. The summed E-state index contributed by atoms with van der Waals surface area (Å²) in [5.41, 5.74) is 5.05. The lowest BCUT2D eigenvalue weighted by atomic mass is 10.2. The van der Waals surface area contributed by atoms with Gasteiger partial charge in [-0.1, -0.05) is 18.3 Å². The summed E-state index contributed by atoms with van der Waals surface area (Å²) in [7, 11) is 1.74. The maximum Gasteiger partial charge on any atom is 0.416 e. The molecule has 8 nitrogen and oxygen atoms in total. The molecular weight excluding hydrogens is 383 g/mol. The van der Waals surface area contributed by atoms with Gasteiger partial charge >= 0.3 is 6.18 Å². The molecule has 0 fully saturated rings. The number of pyridine rings is 1. The molecule has 2 heterocycles. The van der Waals surface area contributed by atoms with Crippen molar-refractivity contribution in [3.8, 4) is 0 Å². The van der Waals surface area contributed by atoms with Gasteiger partial charge in [0.1, 0.15) is 0 Å². The van der Waals surface area contributed by atoms with Gasteiger partial charge < -0.3 is 10.2 Å². The summed E-state index contributed by atoms with van der Waals surface area (Å²) in [6.45, 7) is 3.08. The van der Waals surface area contributed by atoms with Crippen LogP contribution in [0.25, 0.3) is 0 Å². The molecule has 2 aromatic rings. The zero-order valence-electron chi connectivity index (χ0n) is 14.8. The van der Waals surface area contributed by atoms with Gasteiger partial charge in [-0.25, -0.2) is 5.43 Å². The molecule has 0 radical (unpaired) electrons. The number of anilines is 1. The van der Waals surface area contributed by atoms with Gasteiger partial charge in [-0.2, -0.15) is 13.2 Å². The topological polar surface area (TPSA) is 95.1 Å². The van der Waals surface area contributed by atoms with E-state index in [1.165, 1.54) is 0 Å². The summed E-state index contributed by atoms with van der Waals surface area (Å²) < 4.78 is 38.1. The lowest BCUT2D eigenvalue weighted by Crippen LogP contribution is -2.40. The smallest absolute Gasteiger partial charge is 0.344 e. The number of carbonyl (C=O) groups excluding carboxylic acids is 1. The number of amides is 1. The minimum atomic E-state index is -4.46. The van der Waals surface area contributed by atoms with Crippen LogP contribution in [-0.2, 0) is 12.7 Å². The number of halogens is 3. The predicted molar refractivity (Wildman–Crippen MR) is 95.0 cm³/mol. The highest BCUT2D eigenvalue weighted by Crippen LogP contribution is 2.29. The molecule has 0 aromatic carbocycles. The number of nitrogens with zero attached hydrogens (tertiary/aromatic N) is 4. The first-order valence-electron chi connectivity index (χ1n) is 8.13. The van der Waals surface area contributed by atoms with Crippen molar-refractivity contribution in [3.63, 3.8) is 0 Å². The van der Waals surface area contributed by atoms with Crippen molar-refractivity contribution in [3.05, 3.63) is 34.6 Å². The van der Waals surface area contributed by atoms with Gasteiger partial charge in [-0.05, 0) is 25.6 Å². The normalized spacial score (nSPS) is 11.4. The van der Waals surface area contributed by atoms with Gasteiger partial charge in [0.05, 0.1) is 24.5 Å². The molecule has 0 atom stereocenters. The number of hydrogen-bond acceptors (Lipinski definition) is 8. The van der Waals surface area contributed by atoms with Crippen LogP contribution < -0.4 is 21.1 Å². The molecule has 0 aliphatic heterocycles. The second-order valence-electron chi connectivity index (χ2n) is 5.45. The zero-order valence-corrected chi connectivity index (χ0v) is 15.6. The molecular formula is C15H20F3N7OS. The molecule has 3 N–H and O–H groups in total. The van der Waals surface area contributed by atoms with Gasteiger partial charge in [0.25, 0.3) is 5.91 Å². The van der Waals surface area contributed by atoms with Crippen LogP contribution in [0, 0.1) is 0 Å². The number of rotatable bonds is 9. The number of hydrazine groups is 1. The van der Waals surface area contributed by atoms with Gasteiger partial charge in [0.2, 0.25) is 10.1 Å². The number of nitrogens with one attached hydrogen (secondary N) is 3. The second-order valence-corrected chi connectivity index (χ2v) is 6.41. The summed E-state index contributed by atoms with van der Waals surface area (Å²) >= 11 is 1.11. The number of aromatic nitrogens is 3. The van der Waals surface area contributed by atoms with E-state index in [0.29, 0.717) is 11.8 Å². The van der Waals surface area contributed by atoms with E-state index in [0.717, 1.165) is 42.6 Å². The van der Waals surface area contributed by atoms with Crippen LogP contribution in [-0.4, -0.2) is 41.3 Å². The van der Waals surface area contributed by atoms with Gasteiger partial charge in [-0.15, -0.1) is 10.2 Å². The molecule has 12 heteroatoms. The van der Waals surface area contributed by atoms with Crippen LogP contribution in [0.3, 0.4) is 0 Å². The highest BCUT2D eigenvalue weighted by atomic mass is 32.1. The third-order valence-electron chi connectivity index (χ3n) is 3.39. The molecule has 0 aliphatic rings. The summed E-state index contributed by atoms with van der Waals surface area (Å²) in [5.74, 6) is -0.518. The molecule has 2 rings (SSSR count). The zero-order chi connectivity index (χ0) is 19.9. The molecule has 27 heavy (non-hydrogen) atoms. The first-order chi connectivity index (χ1) is 12.8. The maximum absolute atomic E-state index is 12.7. The van der Waals surface area contributed by atoms with Crippen molar-refractivity contribution in [2.45, 2.75) is 26.1 Å². The highest BCUT2D eigenvalue weighted by molar-refractivity contribution is 7.17. The molecule has 0 saturated heterocycles. The first-order valence-corrected chi connectivity index (χ1v) is 8.95. The highest BCUT2D eigenvalue weighted by Gasteiger charge is 2.30. The molecule has 2 aromatic heterocycles. The SMILES string of the molecule is CCCN(CNNC)c1nnc(C(=O)NCc2cc(C(F)(F)F)ccn2)s1. The van der Waals surface area contributed by atoms with Gasteiger partial charge in [0, 0.05) is 12.7 Å². The molecule has 0 unspecified atom stereocenters. The molecule has 0 spiro atoms.